The molecule has 0 heterocycles. The predicted octanol–water partition coefficient (Wildman–Crippen LogP) is 12.0. The molecule has 0 aliphatic carbocycles. The fourth-order valence-corrected chi connectivity index (χ4v) is 12.8. The molecule has 0 rings (SSSR count). The zero-order valence-corrected chi connectivity index (χ0v) is 28.2. The Balaban J connectivity index is 10.6. The van der Waals surface area contributed by atoms with Crippen LogP contribution in [0.3, 0.4) is 0 Å². The summed E-state index contributed by atoms with van der Waals surface area (Å²) in [5, 5.41) is 0. The van der Waals surface area contributed by atoms with Crippen molar-refractivity contribution in [3.63, 3.8) is 0 Å². The average molecular weight is 1030 g/mol. The van der Waals surface area contributed by atoms with Gasteiger partial charge in [0, 0.05) is 0 Å². The van der Waals surface area contributed by atoms with E-state index >= 15 is 0 Å². The van der Waals surface area contributed by atoms with E-state index in [0.29, 0.717) is 0 Å². The highest BCUT2D eigenvalue weighted by atomic mass is 29.3. The number of hydrogen-bond donors (Lipinski definition) is 0. The number of rotatable bonds is 9. The summed E-state index contributed by atoms with van der Waals surface area (Å²) in [6, 6.07) is 0. The van der Waals surface area contributed by atoms with Crippen LogP contribution in [0.25, 0.3) is 0 Å². The summed E-state index contributed by atoms with van der Waals surface area (Å²) in [5.41, 5.74) is -38.0. The molecule has 60 heavy (non-hydrogen) atoms. The first-order chi connectivity index (χ1) is 25.1. The highest BCUT2D eigenvalue weighted by Gasteiger charge is 2.97. The quantitative estimate of drug-likeness (QED) is 0.170. The molecule has 0 spiro atoms. The molecule has 0 fully saturated rings. The lowest BCUT2D eigenvalue weighted by Crippen LogP contribution is -2.86. The Morgan fingerprint density at radius 2 is 0.250 bits per heavy atom. The highest BCUT2D eigenvalue weighted by Crippen LogP contribution is 2.65. The van der Waals surface area contributed by atoms with E-state index in [-0.39, 0.29) is 0 Å². The minimum Gasteiger partial charge on any atom is -0.364 e. The van der Waals surface area contributed by atoms with Crippen LogP contribution in [-0.4, -0.2) is 113 Å². The highest BCUT2D eigenvalue weighted by molar-refractivity contribution is 7.31. The van der Waals surface area contributed by atoms with Gasteiger partial charge in [-0.1, -0.05) is 0 Å². The summed E-state index contributed by atoms with van der Waals surface area (Å²) < 4.78 is 505. The lowest BCUT2D eigenvalue weighted by Gasteiger charge is -2.54. The van der Waals surface area contributed by atoms with Gasteiger partial charge in [0.15, 0.2) is 0 Å². The second kappa shape index (κ2) is 14.6. The largest absolute Gasteiger partial charge is 0.434 e. The lowest BCUT2D eigenvalue weighted by molar-refractivity contribution is -0.465. The van der Waals surface area contributed by atoms with Gasteiger partial charge in [0.1, 0.15) is 0 Å². The molecular formula is C18H6F36O4Si2. The summed E-state index contributed by atoms with van der Waals surface area (Å²) in [6.07, 6.45) is -111. The molecule has 0 aliphatic heterocycles. The summed E-state index contributed by atoms with van der Waals surface area (Å²) in [6.45, 7) is -5.59. The normalized spacial score (nSPS) is 17.1. The van der Waals surface area contributed by atoms with Crippen molar-refractivity contribution >= 4 is 16.2 Å². The molecule has 362 valence electrons. The molecule has 0 bridgehead atoms. The third-order valence-electron chi connectivity index (χ3n) is 7.01. The SMILES string of the molecule is C[Si](OC(C(F)(F)F)(C(F)(F)F)C(F)(F)F)(OC(C(F)(F)F)(C(F)(F)F)C(F)(F)F)[Si](C)(OC(C(F)(F)F)(C(F)(F)F)C(F)(F)F)OC(C(F)(F)F)(C(F)(F)F)C(F)(F)F. The van der Waals surface area contributed by atoms with Crippen LogP contribution in [0.1, 0.15) is 0 Å². The summed E-state index contributed by atoms with van der Waals surface area (Å²) in [5.74, 6) is 0. The molecule has 0 aromatic heterocycles. The van der Waals surface area contributed by atoms with E-state index in [2.05, 4.69) is 0 Å². The molecule has 0 aliphatic rings. The first-order valence-electron chi connectivity index (χ1n) is 12.7. The zero-order chi connectivity index (χ0) is 49.8. The molecule has 0 atom stereocenters. The van der Waals surface area contributed by atoms with Gasteiger partial charge in [-0.05, 0) is 13.1 Å². The molecule has 0 saturated carbocycles. The van der Waals surface area contributed by atoms with Crippen molar-refractivity contribution in [2.24, 2.45) is 0 Å². The Kier molecular flexibility index (Phi) is 14.1. The van der Waals surface area contributed by atoms with Crippen molar-refractivity contribution in [2.75, 3.05) is 0 Å². The fourth-order valence-electron chi connectivity index (χ4n) is 4.20. The van der Waals surface area contributed by atoms with E-state index in [9.17, 15) is 158 Å². The molecule has 0 radical (unpaired) electrons. The Hall–Kier alpha value is -2.25. The molecule has 4 nitrogen and oxygen atoms in total. The van der Waals surface area contributed by atoms with E-state index < -0.39 is 126 Å². The van der Waals surface area contributed by atoms with Crippen molar-refractivity contribution < 1.29 is 176 Å². The van der Waals surface area contributed by atoms with E-state index in [1.165, 1.54) is 0 Å². The minimum atomic E-state index is -11.3. The molecule has 0 amide bonds. The van der Waals surface area contributed by atoms with Gasteiger partial charge in [0.2, 0.25) is 0 Å². The smallest absolute Gasteiger partial charge is 0.364 e. The Labute approximate surface area is 302 Å². The van der Waals surface area contributed by atoms with Crippen LogP contribution >= 0.6 is 0 Å². The topological polar surface area (TPSA) is 36.9 Å². The number of hydrogen-bond acceptors (Lipinski definition) is 4. The Morgan fingerprint density at radius 1 is 0.183 bits per heavy atom. The standard InChI is InChI=1S/C18H6F36O4Si2/c1-59(55-3(7(19,20)21,8(22,23)24)9(25,26)27,56-4(10(28,29)30,11(31,32)33)12(34,35)36)60(2,57-5(13(37,38)39,14(40,41)42)15(43,44)45)58-6(16(46,47)48,17(49,50)51)18(52,53)54/h1-2H3. The van der Waals surface area contributed by atoms with Crippen molar-refractivity contribution in [1.82, 2.24) is 0 Å². The van der Waals surface area contributed by atoms with Crippen molar-refractivity contribution in [3.8, 4) is 0 Å². The number of halogens is 36. The van der Waals surface area contributed by atoms with Gasteiger partial charge in [-0.25, -0.2) is 0 Å². The lowest BCUT2D eigenvalue weighted by atomic mass is 10.0. The van der Waals surface area contributed by atoms with Gasteiger partial charge in [-0.15, -0.1) is 0 Å². The summed E-state index contributed by atoms with van der Waals surface area (Å²) in [7, 11) is -22.5. The maximum atomic E-state index is 13.8. The number of alkyl halides is 36. The second-order valence-corrected chi connectivity index (χ2v) is 21.0. The summed E-state index contributed by atoms with van der Waals surface area (Å²) in [4.78, 5) is 0. The van der Waals surface area contributed by atoms with Gasteiger partial charge < -0.3 is 17.7 Å². The first-order valence-corrected chi connectivity index (χ1v) is 18.3. The predicted molar refractivity (Wildman–Crippen MR) is 111 cm³/mol. The minimum absolute atomic E-state index is 1.74. The van der Waals surface area contributed by atoms with Crippen LogP contribution in [0.2, 0.25) is 13.1 Å². The monoisotopic (exact) mass is 1030 g/mol. The third-order valence-corrected chi connectivity index (χ3v) is 17.6. The van der Waals surface area contributed by atoms with E-state index in [0.717, 1.165) is 0 Å². The van der Waals surface area contributed by atoms with E-state index in [4.69, 9.17) is 0 Å². The van der Waals surface area contributed by atoms with Crippen molar-refractivity contribution in [2.45, 2.75) is 110 Å². The van der Waals surface area contributed by atoms with Crippen molar-refractivity contribution in [1.29, 1.82) is 0 Å². The fraction of sp³-hybridized carbons (Fsp3) is 1.00. The molecule has 0 aromatic carbocycles. The molecular weight excluding hydrogens is 1020 g/mol. The molecule has 0 unspecified atom stereocenters. The molecule has 0 saturated heterocycles. The maximum Gasteiger partial charge on any atom is 0.434 e. The van der Waals surface area contributed by atoms with Crippen LogP contribution in [0.15, 0.2) is 0 Å². The molecule has 0 N–H and O–H groups in total. The van der Waals surface area contributed by atoms with Gasteiger partial charge in [0.05, 0.1) is 0 Å². The van der Waals surface area contributed by atoms with Gasteiger partial charge in [-0.2, -0.15) is 158 Å². The van der Waals surface area contributed by atoms with Gasteiger partial charge >= 0.3 is 113 Å². The van der Waals surface area contributed by atoms with Crippen LogP contribution in [0.4, 0.5) is 158 Å². The van der Waals surface area contributed by atoms with Crippen molar-refractivity contribution in [3.05, 3.63) is 0 Å². The van der Waals surface area contributed by atoms with E-state index in [1.807, 2.05) is 0 Å². The van der Waals surface area contributed by atoms with Gasteiger partial charge in [0.25, 0.3) is 0 Å². The first kappa shape index (κ1) is 57.8. The van der Waals surface area contributed by atoms with Crippen LogP contribution < -0.4 is 0 Å². The Bertz CT molecular complexity index is 1120. The van der Waals surface area contributed by atoms with E-state index in [1.54, 1.807) is 17.7 Å². The Morgan fingerprint density at radius 3 is 0.300 bits per heavy atom. The molecule has 0 aromatic rings. The average Bonchev–Trinajstić information content (AvgIpc) is 2.83. The third kappa shape index (κ3) is 8.68. The molecule has 42 heteroatoms. The zero-order valence-electron chi connectivity index (χ0n) is 26.2. The second-order valence-electron chi connectivity index (χ2n) is 11.0. The van der Waals surface area contributed by atoms with Gasteiger partial charge in [-0.3, -0.25) is 0 Å². The van der Waals surface area contributed by atoms with Crippen LogP contribution in [-0.2, 0) is 17.7 Å². The summed E-state index contributed by atoms with van der Waals surface area (Å²) >= 11 is 0. The van der Waals surface area contributed by atoms with Crippen LogP contribution in [0.5, 0.6) is 0 Å². The van der Waals surface area contributed by atoms with Crippen LogP contribution in [0, 0.1) is 0 Å². The maximum absolute atomic E-state index is 13.8.